The van der Waals surface area contributed by atoms with Gasteiger partial charge in [0.2, 0.25) is 10.0 Å². The van der Waals surface area contributed by atoms with Crippen molar-refractivity contribution in [3.05, 3.63) is 36.2 Å². The maximum absolute atomic E-state index is 13.2. The molecule has 2 aromatic heterocycles. The van der Waals surface area contributed by atoms with Crippen LogP contribution in [-0.4, -0.2) is 75.8 Å². The number of amides is 1. The summed E-state index contributed by atoms with van der Waals surface area (Å²) in [4.78, 5) is 15.0. The van der Waals surface area contributed by atoms with Crippen LogP contribution in [0.1, 0.15) is 30.6 Å². The summed E-state index contributed by atoms with van der Waals surface area (Å²) in [7, 11) is -3.41. The molecule has 3 saturated heterocycles. The molecular formula is C18H22N4O4S. The fraction of sp³-hybridized carbons (Fsp3) is 0.556. The average molecular weight is 390 g/mol. The van der Waals surface area contributed by atoms with Gasteiger partial charge in [-0.05, 0) is 32.4 Å². The van der Waals surface area contributed by atoms with E-state index in [9.17, 15) is 13.2 Å². The van der Waals surface area contributed by atoms with Crippen molar-refractivity contribution in [2.75, 3.05) is 19.6 Å². The lowest BCUT2D eigenvalue weighted by molar-refractivity contribution is -0.0988. The number of aromatic nitrogens is 2. The van der Waals surface area contributed by atoms with Gasteiger partial charge < -0.3 is 9.64 Å². The second-order valence-electron chi connectivity index (χ2n) is 7.99. The fourth-order valence-corrected chi connectivity index (χ4v) is 7.31. The highest BCUT2D eigenvalue weighted by Crippen LogP contribution is 2.47. The molecule has 3 atom stereocenters. The highest BCUT2D eigenvalue weighted by molar-refractivity contribution is 7.90. The molecule has 8 nitrogen and oxygen atoms in total. The molecule has 5 heterocycles. The van der Waals surface area contributed by atoms with Crippen LogP contribution in [0.15, 0.2) is 30.6 Å². The van der Waals surface area contributed by atoms with Gasteiger partial charge in [-0.3, -0.25) is 4.79 Å². The van der Waals surface area contributed by atoms with Gasteiger partial charge in [-0.25, -0.2) is 12.9 Å². The number of hydrogen-bond acceptors (Lipinski definition) is 5. The molecule has 1 unspecified atom stereocenters. The first kappa shape index (κ1) is 17.2. The Balaban J connectivity index is 1.49. The van der Waals surface area contributed by atoms with Gasteiger partial charge in [-0.15, -0.1) is 0 Å². The van der Waals surface area contributed by atoms with Gasteiger partial charge in [-0.2, -0.15) is 9.40 Å². The molecule has 5 rings (SSSR count). The van der Waals surface area contributed by atoms with Crippen molar-refractivity contribution in [2.24, 2.45) is 0 Å². The van der Waals surface area contributed by atoms with Crippen molar-refractivity contribution in [1.29, 1.82) is 0 Å². The van der Waals surface area contributed by atoms with Gasteiger partial charge in [0.05, 0.1) is 29.9 Å². The molecule has 2 bridgehead atoms. The SMILES string of the molecule is CC(C)N1CC23CN(C(=O)c4cnn5ccccc45)C[C@@H](C[C@@H]2S1(=O)=O)O3. The van der Waals surface area contributed by atoms with Crippen molar-refractivity contribution in [3.8, 4) is 0 Å². The molecule has 1 amide bonds. The highest BCUT2D eigenvalue weighted by atomic mass is 32.2. The molecule has 3 aliphatic rings. The normalized spacial score (nSPS) is 32.3. The predicted octanol–water partition coefficient (Wildman–Crippen LogP) is 0.740. The summed E-state index contributed by atoms with van der Waals surface area (Å²) in [6.07, 6.45) is 3.59. The Morgan fingerprint density at radius 2 is 2.15 bits per heavy atom. The number of nitrogens with zero attached hydrogens (tertiary/aromatic N) is 4. The van der Waals surface area contributed by atoms with Crippen LogP contribution in [-0.2, 0) is 14.8 Å². The van der Waals surface area contributed by atoms with Crippen molar-refractivity contribution >= 4 is 21.4 Å². The number of hydrogen-bond donors (Lipinski definition) is 0. The number of pyridine rings is 1. The van der Waals surface area contributed by atoms with E-state index in [1.54, 1.807) is 21.8 Å². The van der Waals surface area contributed by atoms with E-state index in [-0.39, 0.29) is 18.1 Å². The van der Waals surface area contributed by atoms with Crippen molar-refractivity contribution < 1.29 is 17.9 Å². The second kappa shape index (κ2) is 5.52. The minimum absolute atomic E-state index is 0.120. The van der Waals surface area contributed by atoms with E-state index in [1.165, 1.54) is 4.31 Å². The molecule has 2 aromatic rings. The molecule has 0 N–H and O–H groups in total. The van der Waals surface area contributed by atoms with Crippen molar-refractivity contribution in [3.63, 3.8) is 0 Å². The molecule has 1 spiro atoms. The van der Waals surface area contributed by atoms with Crippen molar-refractivity contribution in [1.82, 2.24) is 18.8 Å². The summed E-state index contributed by atoms with van der Waals surface area (Å²) in [5, 5.41) is 3.67. The second-order valence-corrected chi connectivity index (χ2v) is 10.1. The molecule has 0 saturated carbocycles. The van der Waals surface area contributed by atoms with Crippen LogP contribution in [0.5, 0.6) is 0 Å². The monoisotopic (exact) mass is 390 g/mol. The van der Waals surface area contributed by atoms with Crippen LogP contribution in [0.2, 0.25) is 0 Å². The lowest BCUT2D eigenvalue weighted by Gasteiger charge is -2.39. The van der Waals surface area contributed by atoms with Crippen molar-refractivity contribution in [2.45, 2.75) is 43.3 Å². The minimum Gasteiger partial charge on any atom is -0.365 e. The highest BCUT2D eigenvalue weighted by Gasteiger charge is 2.66. The predicted molar refractivity (Wildman–Crippen MR) is 97.9 cm³/mol. The van der Waals surface area contributed by atoms with Gasteiger partial charge >= 0.3 is 0 Å². The Morgan fingerprint density at radius 3 is 2.93 bits per heavy atom. The van der Waals surface area contributed by atoms with Gasteiger partial charge in [0.1, 0.15) is 10.9 Å². The average Bonchev–Trinajstić information content (AvgIpc) is 3.23. The van der Waals surface area contributed by atoms with E-state index in [4.69, 9.17) is 4.74 Å². The maximum atomic E-state index is 13.2. The standard InChI is InChI=1S/C18H22N4O4S/c1-12(2)22-11-18-10-20(9-13(26-18)7-16(18)27(22,24)25)17(23)14-8-19-21-6-4-3-5-15(14)21/h3-6,8,12-13,16H,7,9-11H2,1-2H3/t13-,16+,18?/m1/s1. The summed E-state index contributed by atoms with van der Waals surface area (Å²) >= 11 is 0. The molecule has 3 aliphatic heterocycles. The number of carbonyl (C=O) groups excluding carboxylic acids is 1. The summed E-state index contributed by atoms with van der Waals surface area (Å²) in [6, 6.07) is 5.46. The molecule has 0 radical (unpaired) electrons. The Kier molecular flexibility index (Phi) is 3.51. The first-order valence-corrected chi connectivity index (χ1v) is 10.7. The largest absolute Gasteiger partial charge is 0.365 e. The Bertz CT molecular complexity index is 1030. The molecule has 144 valence electrons. The molecule has 0 aromatic carbocycles. The van der Waals surface area contributed by atoms with Crippen LogP contribution in [0.25, 0.3) is 5.52 Å². The number of rotatable bonds is 2. The van der Waals surface area contributed by atoms with E-state index >= 15 is 0 Å². The summed E-state index contributed by atoms with van der Waals surface area (Å²) in [6.45, 7) is 4.76. The van der Waals surface area contributed by atoms with E-state index in [2.05, 4.69) is 5.10 Å². The lowest BCUT2D eigenvalue weighted by atomic mass is 9.99. The van der Waals surface area contributed by atoms with E-state index in [1.807, 2.05) is 32.0 Å². The van der Waals surface area contributed by atoms with Gasteiger partial charge in [0.15, 0.2) is 0 Å². The van der Waals surface area contributed by atoms with Crippen LogP contribution >= 0.6 is 0 Å². The number of morpholine rings is 1. The van der Waals surface area contributed by atoms with Crippen LogP contribution in [0.4, 0.5) is 0 Å². The zero-order valence-corrected chi connectivity index (χ0v) is 16.1. The maximum Gasteiger partial charge on any atom is 0.257 e. The molecule has 9 heteroatoms. The Hall–Kier alpha value is -1.97. The molecular weight excluding hydrogens is 368 g/mol. The number of fused-ring (bicyclic) bond motifs is 2. The number of sulfonamides is 1. The number of likely N-dealkylation sites (tertiary alicyclic amines) is 1. The minimum atomic E-state index is -3.41. The van der Waals surface area contributed by atoms with Gasteiger partial charge in [0.25, 0.3) is 5.91 Å². The van der Waals surface area contributed by atoms with Crippen LogP contribution < -0.4 is 0 Å². The first-order valence-electron chi connectivity index (χ1n) is 9.22. The molecule has 27 heavy (non-hydrogen) atoms. The smallest absolute Gasteiger partial charge is 0.257 e. The quantitative estimate of drug-likeness (QED) is 0.755. The van der Waals surface area contributed by atoms with Crippen LogP contribution in [0.3, 0.4) is 0 Å². The van der Waals surface area contributed by atoms with E-state index < -0.39 is 20.9 Å². The number of carbonyl (C=O) groups is 1. The Morgan fingerprint density at radius 1 is 1.33 bits per heavy atom. The summed E-state index contributed by atoms with van der Waals surface area (Å²) in [5.41, 5.74) is 0.453. The topological polar surface area (TPSA) is 84.2 Å². The summed E-state index contributed by atoms with van der Waals surface area (Å²) in [5.74, 6) is -0.120. The lowest BCUT2D eigenvalue weighted by Crippen LogP contribution is -2.56. The Labute approximate surface area is 157 Å². The van der Waals surface area contributed by atoms with Crippen LogP contribution in [0, 0.1) is 0 Å². The zero-order chi connectivity index (χ0) is 19.0. The van der Waals surface area contributed by atoms with Gasteiger partial charge in [-0.1, -0.05) is 6.07 Å². The van der Waals surface area contributed by atoms with E-state index in [0.717, 1.165) is 5.52 Å². The van der Waals surface area contributed by atoms with Gasteiger partial charge in [0, 0.05) is 25.3 Å². The third-order valence-corrected chi connectivity index (χ3v) is 8.52. The zero-order valence-electron chi connectivity index (χ0n) is 15.3. The third kappa shape index (κ3) is 2.31. The fourth-order valence-electron chi connectivity index (χ4n) is 4.79. The third-order valence-electron chi connectivity index (χ3n) is 5.98. The summed E-state index contributed by atoms with van der Waals surface area (Å²) < 4.78 is 35.3. The number of ether oxygens (including phenoxy) is 1. The molecule has 0 aliphatic carbocycles. The first-order chi connectivity index (χ1) is 12.8. The molecule has 3 fully saturated rings. The van der Waals surface area contributed by atoms with E-state index in [0.29, 0.717) is 31.6 Å².